The first-order chi connectivity index (χ1) is 14.2. The number of nitrogens with zero attached hydrogens (tertiary/aromatic N) is 1. The molecule has 0 aromatic heterocycles. The van der Waals surface area contributed by atoms with Crippen LogP contribution in [0.25, 0.3) is 10.8 Å². The maximum Gasteiger partial charge on any atom is 0.343 e. The Morgan fingerprint density at radius 1 is 0.828 bits per heavy atom. The summed E-state index contributed by atoms with van der Waals surface area (Å²) in [6, 6.07) is 31.0. The monoisotopic (exact) mass is 379 g/mol. The number of esters is 1. The number of carbonyl (C=O) groups excluding carboxylic acids is 1. The lowest BCUT2D eigenvalue weighted by Gasteiger charge is -2.10. The summed E-state index contributed by atoms with van der Waals surface area (Å²) >= 11 is 0. The Kier molecular flexibility index (Phi) is 5.48. The lowest BCUT2D eigenvalue weighted by molar-refractivity contribution is 0.0735. The molecule has 0 bridgehead atoms. The third kappa shape index (κ3) is 4.41. The molecule has 4 rings (SSSR count). The molecular formula is C26H21NO2. The summed E-state index contributed by atoms with van der Waals surface area (Å²) in [6.45, 7) is 2.09. The molecule has 0 amide bonds. The van der Waals surface area contributed by atoms with Gasteiger partial charge in [0.25, 0.3) is 0 Å². The number of aliphatic imine (C=N–C) groups is 1. The average molecular weight is 379 g/mol. The lowest BCUT2D eigenvalue weighted by Crippen LogP contribution is -2.08. The highest BCUT2D eigenvalue weighted by Crippen LogP contribution is 2.26. The molecule has 1 unspecified atom stereocenters. The SMILES string of the molecule is CC(N=Cc1ccc(OC(=O)c2ccccc2)cc1)c1cccc2ccccc12. The van der Waals surface area contributed by atoms with Gasteiger partial charge < -0.3 is 4.74 Å². The van der Waals surface area contributed by atoms with Crippen molar-refractivity contribution in [1.29, 1.82) is 0 Å². The van der Waals surface area contributed by atoms with Gasteiger partial charge in [-0.2, -0.15) is 0 Å². The van der Waals surface area contributed by atoms with E-state index in [0.29, 0.717) is 11.3 Å². The second-order valence-corrected chi connectivity index (χ2v) is 6.85. The standard InChI is InChI=1S/C26H21NO2/c1-19(24-13-7-11-21-8-5-6-12-25(21)24)27-18-20-14-16-23(17-15-20)29-26(28)22-9-3-2-4-10-22/h2-19H,1H3. The van der Waals surface area contributed by atoms with Crippen LogP contribution in [0, 0.1) is 0 Å². The van der Waals surface area contributed by atoms with Crippen LogP contribution in [0.15, 0.2) is 102 Å². The van der Waals surface area contributed by atoms with Gasteiger partial charge in [-0.05, 0) is 65.2 Å². The van der Waals surface area contributed by atoms with E-state index in [9.17, 15) is 4.79 Å². The van der Waals surface area contributed by atoms with Crippen LogP contribution in [0.4, 0.5) is 0 Å². The first kappa shape index (κ1) is 18.6. The van der Waals surface area contributed by atoms with Crippen LogP contribution in [-0.2, 0) is 0 Å². The molecule has 4 aromatic rings. The summed E-state index contributed by atoms with van der Waals surface area (Å²) < 4.78 is 5.42. The lowest BCUT2D eigenvalue weighted by atomic mass is 10.00. The van der Waals surface area contributed by atoms with Crippen LogP contribution >= 0.6 is 0 Å². The van der Waals surface area contributed by atoms with Gasteiger partial charge in [-0.3, -0.25) is 4.99 Å². The van der Waals surface area contributed by atoms with Crippen molar-refractivity contribution in [2.75, 3.05) is 0 Å². The van der Waals surface area contributed by atoms with Crippen molar-refractivity contribution in [3.63, 3.8) is 0 Å². The van der Waals surface area contributed by atoms with Crippen molar-refractivity contribution in [3.8, 4) is 5.75 Å². The Labute approximate surface area is 170 Å². The zero-order valence-corrected chi connectivity index (χ0v) is 16.2. The maximum atomic E-state index is 12.1. The van der Waals surface area contributed by atoms with E-state index in [2.05, 4.69) is 43.3 Å². The summed E-state index contributed by atoms with van der Waals surface area (Å²) in [4.78, 5) is 16.8. The van der Waals surface area contributed by atoms with Crippen molar-refractivity contribution < 1.29 is 9.53 Å². The molecule has 0 radical (unpaired) electrons. The van der Waals surface area contributed by atoms with Gasteiger partial charge in [0.2, 0.25) is 0 Å². The van der Waals surface area contributed by atoms with Crippen molar-refractivity contribution in [2.24, 2.45) is 4.99 Å². The van der Waals surface area contributed by atoms with Gasteiger partial charge in [0, 0.05) is 6.21 Å². The van der Waals surface area contributed by atoms with Gasteiger partial charge in [0.05, 0.1) is 11.6 Å². The summed E-state index contributed by atoms with van der Waals surface area (Å²) in [5.41, 5.74) is 2.69. The second kappa shape index (κ2) is 8.53. The molecule has 29 heavy (non-hydrogen) atoms. The largest absolute Gasteiger partial charge is 0.423 e. The van der Waals surface area contributed by atoms with Crippen LogP contribution in [0.3, 0.4) is 0 Å². The molecule has 0 aliphatic carbocycles. The minimum atomic E-state index is -0.364. The Morgan fingerprint density at radius 3 is 2.31 bits per heavy atom. The normalized spacial score (nSPS) is 12.2. The van der Waals surface area contributed by atoms with E-state index >= 15 is 0 Å². The Bertz CT molecular complexity index is 1140. The van der Waals surface area contributed by atoms with E-state index in [1.807, 2.05) is 42.6 Å². The van der Waals surface area contributed by atoms with Crippen LogP contribution in [-0.4, -0.2) is 12.2 Å². The molecule has 0 heterocycles. The number of hydrogen-bond acceptors (Lipinski definition) is 3. The van der Waals surface area contributed by atoms with Gasteiger partial charge in [-0.1, -0.05) is 60.7 Å². The van der Waals surface area contributed by atoms with Gasteiger partial charge in [0.1, 0.15) is 5.75 Å². The highest BCUT2D eigenvalue weighted by molar-refractivity contribution is 5.91. The van der Waals surface area contributed by atoms with Crippen LogP contribution < -0.4 is 4.74 Å². The zero-order chi connectivity index (χ0) is 20.1. The molecule has 4 aromatic carbocycles. The van der Waals surface area contributed by atoms with Crippen molar-refractivity contribution in [2.45, 2.75) is 13.0 Å². The van der Waals surface area contributed by atoms with E-state index < -0.39 is 0 Å². The Morgan fingerprint density at radius 2 is 1.52 bits per heavy atom. The number of rotatable bonds is 5. The van der Waals surface area contributed by atoms with E-state index in [-0.39, 0.29) is 12.0 Å². The fourth-order valence-electron chi connectivity index (χ4n) is 3.26. The quantitative estimate of drug-likeness (QED) is 0.234. The van der Waals surface area contributed by atoms with E-state index in [0.717, 1.165) is 5.56 Å². The van der Waals surface area contributed by atoms with Crippen LogP contribution in [0.5, 0.6) is 5.75 Å². The van der Waals surface area contributed by atoms with E-state index in [4.69, 9.17) is 9.73 Å². The predicted molar refractivity (Wildman–Crippen MR) is 118 cm³/mol. The molecule has 0 aliphatic heterocycles. The molecule has 3 heteroatoms. The van der Waals surface area contributed by atoms with Crippen molar-refractivity contribution >= 4 is 23.0 Å². The molecule has 0 spiro atoms. The molecule has 0 saturated carbocycles. The summed E-state index contributed by atoms with van der Waals surface area (Å²) in [5, 5.41) is 2.44. The molecule has 1 atom stereocenters. The first-order valence-corrected chi connectivity index (χ1v) is 9.59. The summed E-state index contributed by atoms with van der Waals surface area (Å²) in [6.07, 6.45) is 1.86. The molecular weight excluding hydrogens is 358 g/mol. The topological polar surface area (TPSA) is 38.7 Å². The third-order valence-electron chi connectivity index (χ3n) is 4.82. The van der Waals surface area contributed by atoms with Gasteiger partial charge in [-0.15, -0.1) is 0 Å². The fourth-order valence-corrected chi connectivity index (χ4v) is 3.26. The number of fused-ring (bicyclic) bond motifs is 1. The molecule has 142 valence electrons. The van der Waals surface area contributed by atoms with Gasteiger partial charge >= 0.3 is 5.97 Å². The molecule has 3 nitrogen and oxygen atoms in total. The van der Waals surface area contributed by atoms with Gasteiger partial charge in [0.15, 0.2) is 0 Å². The summed E-state index contributed by atoms with van der Waals surface area (Å²) in [7, 11) is 0. The number of ether oxygens (including phenoxy) is 1. The van der Waals surface area contributed by atoms with Gasteiger partial charge in [-0.25, -0.2) is 4.79 Å². The van der Waals surface area contributed by atoms with Crippen molar-refractivity contribution in [3.05, 3.63) is 114 Å². The minimum absolute atomic E-state index is 0.0386. The highest BCUT2D eigenvalue weighted by Gasteiger charge is 2.08. The van der Waals surface area contributed by atoms with E-state index in [1.165, 1.54) is 16.3 Å². The maximum absolute atomic E-state index is 12.1. The van der Waals surface area contributed by atoms with Crippen LogP contribution in [0.1, 0.15) is 34.5 Å². The summed E-state index contributed by atoms with van der Waals surface area (Å²) in [5.74, 6) is 0.148. The van der Waals surface area contributed by atoms with Crippen molar-refractivity contribution in [1.82, 2.24) is 0 Å². The highest BCUT2D eigenvalue weighted by atomic mass is 16.5. The van der Waals surface area contributed by atoms with E-state index in [1.54, 1.807) is 24.3 Å². The first-order valence-electron chi connectivity index (χ1n) is 9.59. The zero-order valence-electron chi connectivity index (χ0n) is 16.2. The molecule has 0 fully saturated rings. The predicted octanol–water partition coefficient (Wildman–Crippen LogP) is 6.24. The Balaban J connectivity index is 1.45. The Hall–Kier alpha value is -3.72. The fraction of sp³-hybridized carbons (Fsp3) is 0.0769. The average Bonchev–Trinajstić information content (AvgIpc) is 2.78. The molecule has 0 N–H and O–H groups in total. The number of benzene rings is 4. The number of carbonyl (C=O) groups is 1. The third-order valence-corrected chi connectivity index (χ3v) is 4.82. The second-order valence-electron chi connectivity index (χ2n) is 6.85. The van der Waals surface area contributed by atoms with Crippen LogP contribution in [0.2, 0.25) is 0 Å². The number of hydrogen-bond donors (Lipinski definition) is 0. The molecule has 0 saturated heterocycles. The minimum Gasteiger partial charge on any atom is -0.423 e. The smallest absolute Gasteiger partial charge is 0.343 e. The molecule has 0 aliphatic rings.